The third kappa shape index (κ3) is 2.15. The molecule has 1 aromatic carbocycles. The first-order valence-corrected chi connectivity index (χ1v) is 4.85. The number of hydrogen-bond acceptors (Lipinski definition) is 2. The van der Waals surface area contributed by atoms with Crippen LogP contribution in [0.2, 0.25) is 0 Å². The number of fused-ring (bicyclic) bond motifs is 1. The van der Waals surface area contributed by atoms with E-state index in [4.69, 9.17) is 5.11 Å². The maximum atomic E-state index is 8.64. The molecule has 2 aromatic rings. The predicted molar refractivity (Wildman–Crippen MR) is 60.3 cm³/mol. The highest BCUT2D eigenvalue weighted by Gasteiger charge is 1.96. The van der Waals surface area contributed by atoms with Crippen LogP contribution in [0, 0.1) is 11.8 Å². The SMILES string of the molecule is OCCC#Cc1cccc2ncccc12. The Hall–Kier alpha value is -1.85. The van der Waals surface area contributed by atoms with Gasteiger partial charge < -0.3 is 5.11 Å². The highest BCUT2D eigenvalue weighted by atomic mass is 16.2. The van der Waals surface area contributed by atoms with Gasteiger partial charge in [-0.1, -0.05) is 24.0 Å². The van der Waals surface area contributed by atoms with E-state index in [1.807, 2.05) is 30.3 Å². The topological polar surface area (TPSA) is 33.1 Å². The van der Waals surface area contributed by atoms with Crippen LogP contribution in [0.25, 0.3) is 10.9 Å². The normalized spacial score (nSPS) is 9.67. The van der Waals surface area contributed by atoms with Crippen molar-refractivity contribution in [1.82, 2.24) is 4.98 Å². The van der Waals surface area contributed by atoms with Crippen LogP contribution >= 0.6 is 0 Å². The molecule has 2 nitrogen and oxygen atoms in total. The summed E-state index contributed by atoms with van der Waals surface area (Å²) in [6, 6.07) is 9.78. The molecule has 0 fully saturated rings. The van der Waals surface area contributed by atoms with Gasteiger partial charge in [-0.25, -0.2) is 0 Å². The molecule has 0 unspecified atom stereocenters. The lowest BCUT2D eigenvalue weighted by Gasteiger charge is -1.98. The highest BCUT2D eigenvalue weighted by Crippen LogP contribution is 2.14. The van der Waals surface area contributed by atoms with E-state index in [-0.39, 0.29) is 6.61 Å². The van der Waals surface area contributed by atoms with Gasteiger partial charge in [0.05, 0.1) is 12.1 Å². The van der Waals surface area contributed by atoms with Crippen molar-refractivity contribution in [2.75, 3.05) is 6.61 Å². The third-order valence-electron chi connectivity index (χ3n) is 2.11. The average Bonchev–Trinajstić information content (AvgIpc) is 2.30. The summed E-state index contributed by atoms with van der Waals surface area (Å²) in [7, 11) is 0. The molecule has 0 bridgehead atoms. The van der Waals surface area contributed by atoms with E-state index in [0.29, 0.717) is 6.42 Å². The van der Waals surface area contributed by atoms with Crippen molar-refractivity contribution < 1.29 is 5.11 Å². The Balaban J connectivity index is 2.48. The number of pyridine rings is 1. The monoisotopic (exact) mass is 197 g/mol. The molecule has 1 N–H and O–H groups in total. The van der Waals surface area contributed by atoms with Crippen molar-refractivity contribution in [2.24, 2.45) is 0 Å². The van der Waals surface area contributed by atoms with Gasteiger partial charge >= 0.3 is 0 Å². The van der Waals surface area contributed by atoms with Crippen LogP contribution in [0.1, 0.15) is 12.0 Å². The van der Waals surface area contributed by atoms with Crippen LogP contribution in [-0.4, -0.2) is 16.7 Å². The van der Waals surface area contributed by atoms with Crippen LogP contribution < -0.4 is 0 Å². The second-order valence-corrected chi connectivity index (χ2v) is 3.15. The number of benzene rings is 1. The van der Waals surface area contributed by atoms with Gasteiger partial charge in [-0.05, 0) is 18.2 Å². The van der Waals surface area contributed by atoms with Crippen molar-refractivity contribution in [3.63, 3.8) is 0 Å². The van der Waals surface area contributed by atoms with Gasteiger partial charge in [0.25, 0.3) is 0 Å². The molecule has 0 saturated carbocycles. The molecule has 15 heavy (non-hydrogen) atoms. The van der Waals surface area contributed by atoms with Gasteiger partial charge in [0, 0.05) is 23.6 Å². The fourth-order valence-corrected chi connectivity index (χ4v) is 1.43. The minimum Gasteiger partial charge on any atom is -0.395 e. The van der Waals surface area contributed by atoms with Gasteiger partial charge in [-0.15, -0.1) is 0 Å². The maximum absolute atomic E-state index is 8.64. The lowest BCUT2D eigenvalue weighted by Crippen LogP contribution is -1.82. The molecule has 74 valence electrons. The third-order valence-corrected chi connectivity index (χ3v) is 2.11. The minimum atomic E-state index is 0.107. The van der Waals surface area contributed by atoms with Crippen molar-refractivity contribution in [1.29, 1.82) is 0 Å². The fraction of sp³-hybridized carbons (Fsp3) is 0.154. The smallest absolute Gasteiger partial charge is 0.0714 e. The van der Waals surface area contributed by atoms with Crippen molar-refractivity contribution in [3.05, 3.63) is 42.1 Å². The van der Waals surface area contributed by atoms with E-state index in [2.05, 4.69) is 16.8 Å². The summed E-state index contributed by atoms with van der Waals surface area (Å²) < 4.78 is 0. The number of hydrogen-bond donors (Lipinski definition) is 1. The number of aliphatic hydroxyl groups is 1. The molecule has 0 radical (unpaired) electrons. The summed E-state index contributed by atoms with van der Waals surface area (Å²) in [6.45, 7) is 0.107. The average molecular weight is 197 g/mol. The van der Waals surface area contributed by atoms with Crippen LogP contribution in [0.15, 0.2) is 36.5 Å². The summed E-state index contributed by atoms with van der Waals surface area (Å²) in [5.74, 6) is 5.95. The quantitative estimate of drug-likeness (QED) is 0.709. The molecule has 0 spiro atoms. The second kappa shape index (κ2) is 4.59. The highest BCUT2D eigenvalue weighted by molar-refractivity contribution is 5.84. The number of aliphatic hydroxyl groups excluding tert-OH is 1. The van der Waals surface area contributed by atoms with Crippen LogP contribution in [-0.2, 0) is 0 Å². The first kappa shape index (κ1) is 9.70. The van der Waals surface area contributed by atoms with Gasteiger partial charge in [-0.3, -0.25) is 4.98 Å². The van der Waals surface area contributed by atoms with Crippen molar-refractivity contribution >= 4 is 10.9 Å². The summed E-state index contributed by atoms with van der Waals surface area (Å²) in [4.78, 5) is 4.25. The zero-order valence-electron chi connectivity index (χ0n) is 8.27. The van der Waals surface area contributed by atoms with E-state index in [9.17, 15) is 0 Å². The summed E-state index contributed by atoms with van der Waals surface area (Å²) >= 11 is 0. The Bertz CT molecular complexity index is 517. The van der Waals surface area contributed by atoms with Crippen molar-refractivity contribution in [3.8, 4) is 11.8 Å². The maximum Gasteiger partial charge on any atom is 0.0714 e. The molecule has 0 saturated heterocycles. The molecule has 0 aliphatic rings. The molecule has 0 amide bonds. The Morgan fingerprint density at radius 3 is 3.00 bits per heavy atom. The molecule has 0 aliphatic carbocycles. The van der Waals surface area contributed by atoms with E-state index in [1.165, 1.54) is 0 Å². The number of nitrogens with zero attached hydrogens (tertiary/aromatic N) is 1. The first-order chi connectivity index (χ1) is 7.42. The molecule has 1 aromatic heterocycles. The lowest BCUT2D eigenvalue weighted by molar-refractivity contribution is 0.305. The Morgan fingerprint density at radius 2 is 2.13 bits per heavy atom. The minimum absolute atomic E-state index is 0.107. The summed E-state index contributed by atoms with van der Waals surface area (Å²) in [6.07, 6.45) is 2.28. The predicted octanol–water partition coefficient (Wildman–Crippen LogP) is 1.97. The molecule has 2 rings (SSSR count). The Kier molecular flexibility index (Phi) is 2.96. The van der Waals surface area contributed by atoms with E-state index in [0.717, 1.165) is 16.5 Å². The number of aromatic nitrogens is 1. The van der Waals surface area contributed by atoms with E-state index >= 15 is 0 Å². The molecular weight excluding hydrogens is 186 g/mol. The van der Waals surface area contributed by atoms with Gasteiger partial charge in [0.1, 0.15) is 0 Å². The largest absolute Gasteiger partial charge is 0.395 e. The molecule has 2 heteroatoms. The Labute approximate surface area is 88.6 Å². The standard InChI is InChI=1S/C13H11NO/c15-10-2-1-5-11-6-3-8-13-12(11)7-4-9-14-13/h3-4,6-9,15H,2,10H2. The molecule has 1 heterocycles. The fourth-order valence-electron chi connectivity index (χ4n) is 1.43. The summed E-state index contributed by atoms with van der Waals surface area (Å²) in [5.41, 5.74) is 1.92. The van der Waals surface area contributed by atoms with E-state index in [1.54, 1.807) is 6.20 Å². The zero-order valence-corrected chi connectivity index (χ0v) is 8.27. The van der Waals surface area contributed by atoms with Crippen LogP contribution in [0.5, 0.6) is 0 Å². The van der Waals surface area contributed by atoms with Crippen LogP contribution in [0.3, 0.4) is 0 Å². The molecule has 0 atom stereocenters. The summed E-state index contributed by atoms with van der Waals surface area (Å²) in [5, 5.41) is 9.70. The van der Waals surface area contributed by atoms with Crippen molar-refractivity contribution in [2.45, 2.75) is 6.42 Å². The van der Waals surface area contributed by atoms with E-state index < -0.39 is 0 Å². The number of rotatable bonds is 1. The van der Waals surface area contributed by atoms with Crippen LogP contribution in [0.4, 0.5) is 0 Å². The molecule has 0 aliphatic heterocycles. The van der Waals surface area contributed by atoms with Gasteiger partial charge in [0.15, 0.2) is 0 Å². The zero-order chi connectivity index (χ0) is 10.5. The first-order valence-electron chi connectivity index (χ1n) is 4.85. The van der Waals surface area contributed by atoms with Gasteiger partial charge in [-0.2, -0.15) is 0 Å². The Morgan fingerprint density at radius 1 is 1.20 bits per heavy atom. The second-order valence-electron chi connectivity index (χ2n) is 3.15. The lowest BCUT2D eigenvalue weighted by atomic mass is 10.1. The van der Waals surface area contributed by atoms with Gasteiger partial charge in [0.2, 0.25) is 0 Å². The molecular formula is C13H11NO.